The van der Waals surface area contributed by atoms with E-state index in [-0.39, 0.29) is 5.91 Å². The molecule has 4 nitrogen and oxygen atoms in total. The molecule has 1 aromatic carbocycles. The summed E-state index contributed by atoms with van der Waals surface area (Å²) in [6, 6.07) is 5.37. The molecule has 1 rings (SSSR count). The molecule has 0 spiro atoms. The molecule has 0 fully saturated rings. The third-order valence-electron chi connectivity index (χ3n) is 1.73. The van der Waals surface area contributed by atoms with E-state index in [4.69, 9.17) is 5.84 Å². The van der Waals surface area contributed by atoms with E-state index in [1.165, 1.54) is 0 Å². The van der Waals surface area contributed by atoms with E-state index in [0.29, 0.717) is 5.56 Å². The zero-order valence-electron chi connectivity index (χ0n) is 7.72. The van der Waals surface area contributed by atoms with Gasteiger partial charge in [0.1, 0.15) is 0 Å². The number of nitrogens with two attached hydrogens (primary N) is 1. The van der Waals surface area contributed by atoms with Gasteiger partial charge in [0.05, 0.1) is 0 Å². The molecule has 0 unspecified atom stereocenters. The van der Waals surface area contributed by atoms with E-state index in [2.05, 4.69) is 10.7 Å². The largest absolute Gasteiger partial charge is 0.355 e. The number of benzene rings is 1. The van der Waals surface area contributed by atoms with Gasteiger partial charge in [-0.3, -0.25) is 10.6 Å². The third kappa shape index (κ3) is 2.19. The van der Waals surface area contributed by atoms with Crippen molar-refractivity contribution in [2.45, 2.75) is 6.92 Å². The number of anilines is 1. The summed E-state index contributed by atoms with van der Waals surface area (Å²) in [6.45, 7) is 1.91. The van der Waals surface area contributed by atoms with Crippen molar-refractivity contribution < 1.29 is 4.79 Å². The number of hydrogen-bond donors (Lipinski definition) is 3. The molecule has 4 N–H and O–H groups in total. The Hall–Kier alpha value is -1.55. The molecule has 0 heterocycles. The van der Waals surface area contributed by atoms with E-state index in [1.54, 1.807) is 19.2 Å². The number of rotatable bonds is 2. The molecular weight excluding hydrogens is 166 g/mol. The van der Waals surface area contributed by atoms with Crippen LogP contribution < -0.4 is 16.6 Å². The van der Waals surface area contributed by atoms with Crippen LogP contribution in [-0.2, 0) is 0 Å². The lowest BCUT2D eigenvalue weighted by Crippen LogP contribution is -2.18. The number of carbonyl (C=O) groups excluding carboxylic acids is 1. The number of carbonyl (C=O) groups is 1. The molecule has 0 aliphatic heterocycles. The van der Waals surface area contributed by atoms with Crippen molar-refractivity contribution in [2.24, 2.45) is 5.84 Å². The Kier molecular flexibility index (Phi) is 2.87. The van der Waals surface area contributed by atoms with Crippen molar-refractivity contribution in [3.05, 3.63) is 29.3 Å². The van der Waals surface area contributed by atoms with E-state index in [9.17, 15) is 4.79 Å². The summed E-state index contributed by atoms with van der Waals surface area (Å²) in [5.74, 6) is 5.14. The van der Waals surface area contributed by atoms with Gasteiger partial charge in [-0.15, -0.1) is 0 Å². The first-order chi connectivity index (χ1) is 6.17. The zero-order chi connectivity index (χ0) is 9.84. The first-order valence-corrected chi connectivity index (χ1v) is 3.97. The lowest BCUT2D eigenvalue weighted by Gasteiger charge is -2.05. The fourth-order valence-corrected chi connectivity index (χ4v) is 1.14. The van der Waals surface area contributed by atoms with Gasteiger partial charge in [-0.2, -0.15) is 0 Å². The number of nitrogen functional groups attached to an aromatic ring is 1. The van der Waals surface area contributed by atoms with Crippen LogP contribution in [0.25, 0.3) is 0 Å². The second-order valence-electron chi connectivity index (χ2n) is 2.81. The predicted molar refractivity (Wildman–Crippen MR) is 52.4 cm³/mol. The maximum Gasteiger partial charge on any atom is 0.251 e. The van der Waals surface area contributed by atoms with Crippen LogP contribution in [0.3, 0.4) is 0 Å². The molecule has 0 aliphatic rings. The second kappa shape index (κ2) is 3.91. The SMILES string of the molecule is CNC(=O)c1cc(C)cc(NN)c1. The summed E-state index contributed by atoms with van der Waals surface area (Å²) < 4.78 is 0. The molecule has 4 heteroatoms. The smallest absolute Gasteiger partial charge is 0.251 e. The predicted octanol–water partition coefficient (Wildman–Crippen LogP) is 0.640. The van der Waals surface area contributed by atoms with Crippen molar-refractivity contribution >= 4 is 11.6 Å². The Balaban J connectivity index is 3.08. The molecule has 0 saturated carbocycles. The Morgan fingerprint density at radius 2 is 2.08 bits per heavy atom. The van der Waals surface area contributed by atoms with Gasteiger partial charge in [0.2, 0.25) is 0 Å². The fraction of sp³-hybridized carbons (Fsp3) is 0.222. The molecule has 0 radical (unpaired) electrons. The van der Waals surface area contributed by atoms with Gasteiger partial charge in [-0.1, -0.05) is 0 Å². The molecule has 0 aliphatic carbocycles. The fourth-order valence-electron chi connectivity index (χ4n) is 1.14. The standard InChI is InChI=1S/C9H13N3O/c1-6-3-7(9(13)11-2)5-8(4-6)12-10/h3-5,12H,10H2,1-2H3,(H,11,13). The number of amides is 1. The first kappa shape index (κ1) is 9.54. The summed E-state index contributed by atoms with van der Waals surface area (Å²) >= 11 is 0. The zero-order valence-corrected chi connectivity index (χ0v) is 7.72. The highest BCUT2D eigenvalue weighted by molar-refractivity contribution is 5.95. The summed E-state index contributed by atoms with van der Waals surface area (Å²) in [4.78, 5) is 11.3. The molecule has 0 aromatic heterocycles. The van der Waals surface area contributed by atoms with Crippen molar-refractivity contribution in [2.75, 3.05) is 12.5 Å². The number of aryl methyl sites for hydroxylation is 1. The minimum atomic E-state index is -0.111. The quantitative estimate of drug-likeness (QED) is 0.461. The Morgan fingerprint density at radius 3 is 2.62 bits per heavy atom. The van der Waals surface area contributed by atoms with E-state index < -0.39 is 0 Å². The third-order valence-corrected chi connectivity index (χ3v) is 1.73. The van der Waals surface area contributed by atoms with Crippen molar-refractivity contribution in [1.29, 1.82) is 0 Å². The minimum Gasteiger partial charge on any atom is -0.355 e. The summed E-state index contributed by atoms with van der Waals surface area (Å²) in [5.41, 5.74) is 4.84. The number of nitrogens with one attached hydrogen (secondary N) is 2. The van der Waals surface area contributed by atoms with Gasteiger partial charge >= 0.3 is 0 Å². The Bertz CT molecular complexity index is 323. The Labute approximate surface area is 77.1 Å². The van der Waals surface area contributed by atoms with Crippen molar-refractivity contribution in [3.63, 3.8) is 0 Å². The first-order valence-electron chi connectivity index (χ1n) is 3.97. The molecule has 0 bridgehead atoms. The summed E-state index contributed by atoms with van der Waals surface area (Å²) in [6.07, 6.45) is 0. The maximum absolute atomic E-state index is 11.3. The van der Waals surface area contributed by atoms with Crippen LogP contribution in [0, 0.1) is 6.92 Å². The molecule has 0 saturated heterocycles. The van der Waals surface area contributed by atoms with Crippen LogP contribution in [0.15, 0.2) is 18.2 Å². The van der Waals surface area contributed by atoms with Gasteiger partial charge in [0.15, 0.2) is 0 Å². The van der Waals surface area contributed by atoms with Crippen LogP contribution in [0.4, 0.5) is 5.69 Å². The lowest BCUT2D eigenvalue weighted by atomic mass is 10.1. The van der Waals surface area contributed by atoms with Gasteiger partial charge in [0.25, 0.3) is 5.91 Å². The normalized spacial score (nSPS) is 9.46. The highest BCUT2D eigenvalue weighted by Crippen LogP contribution is 2.12. The van der Waals surface area contributed by atoms with Crippen molar-refractivity contribution in [1.82, 2.24) is 5.32 Å². The highest BCUT2D eigenvalue weighted by atomic mass is 16.1. The van der Waals surface area contributed by atoms with Crippen molar-refractivity contribution in [3.8, 4) is 0 Å². The van der Waals surface area contributed by atoms with Gasteiger partial charge in [0, 0.05) is 18.3 Å². The van der Waals surface area contributed by atoms with Crippen LogP contribution in [0.5, 0.6) is 0 Å². The average molecular weight is 179 g/mol. The monoisotopic (exact) mass is 179 g/mol. The molecular formula is C9H13N3O. The highest BCUT2D eigenvalue weighted by Gasteiger charge is 2.04. The maximum atomic E-state index is 11.3. The average Bonchev–Trinajstić information content (AvgIpc) is 2.15. The lowest BCUT2D eigenvalue weighted by molar-refractivity contribution is 0.0963. The summed E-state index contributed by atoms with van der Waals surface area (Å²) in [7, 11) is 1.60. The minimum absolute atomic E-state index is 0.111. The molecule has 13 heavy (non-hydrogen) atoms. The van der Waals surface area contributed by atoms with E-state index >= 15 is 0 Å². The van der Waals surface area contributed by atoms with Gasteiger partial charge in [-0.05, 0) is 30.7 Å². The number of hydrazine groups is 1. The molecule has 1 aromatic rings. The van der Waals surface area contributed by atoms with Gasteiger partial charge in [-0.25, -0.2) is 0 Å². The van der Waals surface area contributed by atoms with E-state index in [0.717, 1.165) is 11.3 Å². The van der Waals surface area contributed by atoms with Crippen LogP contribution in [0.1, 0.15) is 15.9 Å². The van der Waals surface area contributed by atoms with Crippen LogP contribution in [-0.4, -0.2) is 13.0 Å². The van der Waals surface area contributed by atoms with Crippen LogP contribution >= 0.6 is 0 Å². The van der Waals surface area contributed by atoms with E-state index in [1.807, 2.05) is 13.0 Å². The van der Waals surface area contributed by atoms with Crippen LogP contribution in [0.2, 0.25) is 0 Å². The second-order valence-corrected chi connectivity index (χ2v) is 2.81. The Morgan fingerprint density at radius 1 is 1.38 bits per heavy atom. The molecule has 0 atom stereocenters. The summed E-state index contributed by atoms with van der Waals surface area (Å²) in [5, 5.41) is 2.55. The molecule has 1 amide bonds. The van der Waals surface area contributed by atoms with Gasteiger partial charge < -0.3 is 10.7 Å². The number of hydrogen-bond acceptors (Lipinski definition) is 3. The molecule has 70 valence electrons. The topological polar surface area (TPSA) is 67.2 Å².